The SMILES string of the molecule is CCCCC(CC)Cn1c2ccc([Si](C)(C)C)cc2c2cccc(/C(=C/c3ccc(Br)cc3)c3ccc(Br)cc3)c21. The summed E-state index contributed by atoms with van der Waals surface area (Å²) >= 11 is 7.26. The van der Waals surface area contributed by atoms with E-state index in [1.807, 2.05) is 0 Å². The third-order valence-electron chi connectivity index (χ3n) is 8.36. The summed E-state index contributed by atoms with van der Waals surface area (Å²) in [6.07, 6.45) is 7.37. The van der Waals surface area contributed by atoms with E-state index in [0.717, 1.165) is 15.5 Å². The van der Waals surface area contributed by atoms with Crippen LogP contribution in [0.5, 0.6) is 0 Å². The van der Waals surface area contributed by atoms with Crippen molar-refractivity contribution in [2.45, 2.75) is 65.7 Å². The van der Waals surface area contributed by atoms with Crippen LogP contribution in [0, 0.1) is 5.92 Å². The zero-order valence-corrected chi connectivity index (χ0v) is 29.1. The number of para-hydroxylation sites is 1. The molecule has 1 aromatic heterocycles. The van der Waals surface area contributed by atoms with Crippen LogP contribution in [-0.4, -0.2) is 12.6 Å². The number of halogens is 2. The largest absolute Gasteiger partial charge is 0.340 e. The summed E-state index contributed by atoms with van der Waals surface area (Å²) in [5.41, 5.74) is 7.69. The molecule has 1 atom stereocenters. The zero-order chi connectivity index (χ0) is 29.1. The number of nitrogens with zero attached hydrogens (tertiary/aromatic N) is 1. The van der Waals surface area contributed by atoms with Gasteiger partial charge in [-0.25, -0.2) is 0 Å². The van der Waals surface area contributed by atoms with Gasteiger partial charge in [-0.15, -0.1) is 0 Å². The number of hydrogen-bond acceptors (Lipinski definition) is 0. The molecule has 41 heavy (non-hydrogen) atoms. The van der Waals surface area contributed by atoms with Crippen LogP contribution < -0.4 is 5.19 Å². The average Bonchev–Trinajstić information content (AvgIpc) is 3.28. The fourth-order valence-corrected chi connectivity index (χ4v) is 7.57. The third-order valence-corrected chi connectivity index (χ3v) is 11.5. The standard InChI is InChI=1S/C37H41Br2NSi/c1-6-8-10-26(7-2)25-40-36-22-21-31(41(3,4)5)24-35(36)33-12-9-11-32(37(33)40)34(28-15-19-30(39)20-16-28)23-27-13-17-29(38)18-14-27/h9,11-24,26H,6-8,10,25H2,1-5H3/b34-23+. The van der Waals surface area contributed by atoms with Crippen molar-refractivity contribution in [3.63, 3.8) is 0 Å². The summed E-state index contributed by atoms with van der Waals surface area (Å²) in [4.78, 5) is 0. The zero-order valence-electron chi connectivity index (χ0n) is 25.0. The Morgan fingerprint density at radius 1 is 0.829 bits per heavy atom. The van der Waals surface area contributed by atoms with E-state index in [9.17, 15) is 0 Å². The van der Waals surface area contributed by atoms with E-state index in [-0.39, 0.29) is 0 Å². The van der Waals surface area contributed by atoms with E-state index in [1.54, 1.807) is 0 Å². The predicted molar refractivity (Wildman–Crippen MR) is 191 cm³/mol. The van der Waals surface area contributed by atoms with Crippen LogP contribution >= 0.6 is 31.9 Å². The van der Waals surface area contributed by atoms with Crippen molar-refractivity contribution in [1.29, 1.82) is 0 Å². The van der Waals surface area contributed by atoms with E-state index >= 15 is 0 Å². The van der Waals surface area contributed by atoms with Crippen molar-refractivity contribution in [3.8, 4) is 0 Å². The molecule has 4 heteroatoms. The van der Waals surface area contributed by atoms with Gasteiger partial charge >= 0.3 is 0 Å². The second kappa shape index (κ2) is 12.9. The minimum atomic E-state index is -1.46. The molecular formula is C37H41Br2NSi. The van der Waals surface area contributed by atoms with Crippen LogP contribution in [0.4, 0.5) is 0 Å². The Balaban J connectivity index is 1.82. The Hall–Kier alpha value is -2.40. The molecule has 212 valence electrons. The van der Waals surface area contributed by atoms with Gasteiger partial charge in [0, 0.05) is 37.3 Å². The molecular weight excluding hydrogens is 646 g/mol. The number of benzene rings is 4. The molecule has 4 aromatic carbocycles. The summed E-state index contributed by atoms with van der Waals surface area (Å²) < 4.78 is 4.85. The van der Waals surface area contributed by atoms with Gasteiger partial charge in [0.1, 0.15) is 0 Å². The highest BCUT2D eigenvalue weighted by Gasteiger charge is 2.22. The maximum absolute atomic E-state index is 3.65. The van der Waals surface area contributed by atoms with Gasteiger partial charge in [-0.3, -0.25) is 0 Å². The lowest BCUT2D eigenvalue weighted by atomic mass is 9.93. The van der Waals surface area contributed by atoms with Gasteiger partial charge in [-0.1, -0.05) is 144 Å². The highest BCUT2D eigenvalue weighted by Crippen LogP contribution is 2.38. The number of unbranched alkanes of at least 4 members (excludes halogenated alkanes) is 1. The summed E-state index contributed by atoms with van der Waals surface area (Å²) in [5, 5.41) is 4.28. The average molecular weight is 688 g/mol. The first kappa shape index (κ1) is 30.1. The Morgan fingerprint density at radius 3 is 2.15 bits per heavy atom. The Kier molecular flexibility index (Phi) is 9.42. The Labute approximate surface area is 263 Å². The molecule has 0 fully saturated rings. The Bertz CT molecular complexity index is 1670. The lowest BCUT2D eigenvalue weighted by molar-refractivity contribution is 0.401. The smallest absolute Gasteiger partial charge is 0.0776 e. The molecule has 0 aliphatic heterocycles. The van der Waals surface area contributed by atoms with E-state index in [1.165, 1.54) is 74.9 Å². The van der Waals surface area contributed by atoms with Crippen molar-refractivity contribution in [1.82, 2.24) is 4.57 Å². The molecule has 0 amide bonds. The fourth-order valence-electron chi connectivity index (χ4n) is 5.88. The summed E-state index contributed by atoms with van der Waals surface area (Å²) in [6, 6.07) is 31.7. The molecule has 1 nitrogen and oxygen atoms in total. The quantitative estimate of drug-likeness (QED) is 0.102. The second-order valence-electron chi connectivity index (χ2n) is 12.3. The summed E-state index contributed by atoms with van der Waals surface area (Å²) in [7, 11) is -1.46. The van der Waals surface area contributed by atoms with Crippen LogP contribution in [0.2, 0.25) is 19.6 Å². The van der Waals surface area contributed by atoms with Gasteiger partial charge in [0.25, 0.3) is 0 Å². The van der Waals surface area contributed by atoms with Crippen LogP contribution in [0.3, 0.4) is 0 Å². The van der Waals surface area contributed by atoms with Gasteiger partial charge < -0.3 is 4.57 Å². The molecule has 0 saturated heterocycles. The first-order valence-electron chi connectivity index (χ1n) is 15.0. The lowest BCUT2D eigenvalue weighted by Gasteiger charge is -2.20. The number of rotatable bonds is 10. The molecule has 0 spiro atoms. The van der Waals surface area contributed by atoms with Gasteiger partial charge in [0.15, 0.2) is 0 Å². The highest BCUT2D eigenvalue weighted by atomic mass is 79.9. The van der Waals surface area contributed by atoms with E-state index in [0.29, 0.717) is 5.92 Å². The number of fused-ring (bicyclic) bond motifs is 3. The minimum Gasteiger partial charge on any atom is -0.340 e. The maximum Gasteiger partial charge on any atom is 0.0776 e. The van der Waals surface area contributed by atoms with Crippen LogP contribution in [0.15, 0.2) is 93.9 Å². The molecule has 0 bridgehead atoms. The molecule has 0 N–H and O–H groups in total. The molecule has 5 aromatic rings. The summed E-state index contributed by atoms with van der Waals surface area (Å²) in [6.45, 7) is 13.1. The highest BCUT2D eigenvalue weighted by molar-refractivity contribution is 9.10. The third kappa shape index (κ3) is 6.66. The molecule has 0 saturated carbocycles. The van der Waals surface area contributed by atoms with Crippen LogP contribution in [0.25, 0.3) is 33.5 Å². The van der Waals surface area contributed by atoms with Gasteiger partial charge in [-0.2, -0.15) is 0 Å². The van der Waals surface area contributed by atoms with Crippen molar-refractivity contribution in [2.24, 2.45) is 5.92 Å². The molecule has 5 rings (SSSR count). The maximum atomic E-state index is 3.65. The molecule has 1 unspecified atom stereocenters. The molecule has 0 radical (unpaired) electrons. The fraction of sp³-hybridized carbons (Fsp3) is 0.297. The van der Waals surface area contributed by atoms with Crippen molar-refractivity contribution >= 4 is 78.6 Å². The normalized spacial score (nSPS) is 13.3. The lowest BCUT2D eigenvalue weighted by Crippen LogP contribution is -2.37. The number of aromatic nitrogens is 1. The first-order chi connectivity index (χ1) is 19.7. The van der Waals surface area contributed by atoms with Crippen LogP contribution in [0.1, 0.15) is 56.2 Å². The molecule has 0 aliphatic rings. The van der Waals surface area contributed by atoms with E-state index < -0.39 is 8.07 Å². The monoisotopic (exact) mass is 685 g/mol. The number of hydrogen-bond donors (Lipinski definition) is 0. The van der Waals surface area contributed by atoms with E-state index in [4.69, 9.17) is 0 Å². The minimum absolute atomic E-state index is 0.657. The first-order valence-corrected chi connectivity index (χ1v) is 20.1. The second-order valence-corrected chi connectivity index (χ2v) is 19.2. The van der Waals surface area contributed by atoms with Gasteiger partial charge in [-0.05, 0) is 65.4 Å². The van der Waals surface area contributed by atoms with Crippen molar-refractivity contribution < 1.29 is 0 Å². The van der Waals surface area contributed by atoms with Crippen molar-refractivity contribution in [2.75, 3.05) is 0 Å². The summed E-state index contributed by atoms with van der Waals surface area (Å²) in [5.74, 6) is 0.657. The Morgan fingerprint density at radius 2 is 1.51 bits per heavy atom. The predicted octanol–water partition coefficient (Wildman–Crippen LogP) is 11.7. The topological polar surface area (TPSA) is 4.93 Å². The molecule has 0 aliphatic carbocycles. The van der Waals surface area contributed by atoms with Gasteiger partial charge in [0.05, 0.1) is 13.6 Å². The molecule has 1 heterocycles. The van der Waals surface area contributed by atoms with Crippen LogP contribution in [-0.2, 0) is 6.54 Å². The van der Waals surface area contributed by atoms with E-state index in [2.05, 4.69) is 161 Å². The van der Waals surface area contributed by atoms with Crippen molar-refractivity contribution in [3.05, 3.63) is 111 Å². The van der Waals surface area contributed by atoms with Gasteiger partial charge in [0.2, 0.25) is 0 Å².